The van der Waals surface area contributed by atoms with Gasteiger partial charge in [0, 0.05) is 11.1 Å². The van der Waals surface area contributed by atoms with E-state index in [1.165, 1.54) is 0 Å². The van der Waals surface area contributed by atoms with Gasteiger partial charge in [-0.25, -0.2) is 0 Å². The van der Waals surface area contributed by atoms with Crippen molar-refractivity contribution in [1.29, 1.82) is 0 Å². The summed E-state index contributed by atoms with van der Waals surface area (Å²) in [4.78, 5) is 2.35. The van der Waals surface area contributed by atoms with E-state index in [1.807, 2.05) is 6.08 Å². The van der Waals surface area contributed by atoms with Crippen LogP contribution in [0, 0.1) is 5.92 Å². The van der Waals surface area contributed by atoms with Crippen LogP contribution < -0.4 is 0 Å². The number of hydrogen-bond acceptors (Lipinski definition) is 1. The average molecular weight is 216 g/mol. The van der Waals surface area contributed by atoms with E-state index in [9.17, 15) is 0 Å². The molecule has 1 nitrogen and oxygen atoms in total. The highest BCUT2D eigenvalue weighted by Gasteiger charge is 2.14. The molecule has 0 aromatic heterocycles. The van der Waals surface area contributed by atoms with E-state index in [0.717, 1.165) is 18.0 Å². The zero-order valence-electron chi connectivity index (χ0n) is 9.76. The van der Waals surface area contributed by atoms with Crippen molar-refractivity contribution in [3.63, 3.8) is 0 Å². The molecule has 2 atom stereocenters. The standard InChI is InChI=1S/C12H22ClN/c1-6-12(13)9-8-10(3)11(4)14(5)7-2/h6,9-11H,1,7-8H2,2-5H3/b12-9+/t10-,11?/m0/s1. The predicted molar refractivity (Wildman–Crippen MR) is 65.7 cm³/mol. The maximum absolute atomic E-state index is 5.86. The van der Waals surface area contributed by atoms with Gasteiger partial charge in [-0.2, -0.15) is 0 Å². The highest BCUT2D eigenvalue weighted by molar-refractivity contribution is 6.31. The van der Waals surface area contributed by atoms with E-state index in [1.54, 1.807) is 6.08 Å². The van der Waals surface area contributed by atoms with Crippen molar-refractivity contribution in [2.45, 2.75) is 33.2 Å². The highest BCUT2D eigenvalue weighted by Crippen LogP contribution is 2.16. The van der Waals surface area contributed by atoms with E-state index in [4.69, 9.17) is 11.6 Å². The van der Waals surface area contributed by atoms with Crippen molar-refractivity contribution >= 4 is 11.6 Å². The molecule has 0 aliphatic carbocycles. The lowest BCUT2D eigenvalue weighted by Gasteiger charge is -2.28. The Kier molecular flexibility index (Phi) is 6.94. The molecule has 2 heteroatoms. The minimum atomic E-state index is 0.588. The number of allylic oxidation sites excluding steroid dienone is 3. The van der Waals surface area contributed by atoms with Crippen molar-refractivity contribution in [2.75, 3.05) is 13.6 Å². The molecule has 1 unspecified atom stereocenters. The largest absolute Gasteiger partial charge is 0.304 e. The molecule has 0 aliphatic heterocycles. The average Bonchev–Trinajstić information content (AvgIpc) is 2.22. The summed E-state index contributed by atoms with van der Waals surface area (Å²) in [7, 11) is 2.15. The molecule has 0 N–H and O–H groups in total. The first-order valence-electron chi connectivity index (χ1n) is 5.21. The quantitative estimate of drug-likeness (QED) is 0.612. The third-order valence-corrected chi connectivity index (χ3v) is 3.21. The van der Waals surface area contributed by atoms with E-state index < -0.39 is 0 Å². The van der Waals surface area contributed by atoms with E-state index >= 15 is 0 Å². The first-order chi connectivity index (χ1) is 6.52. The maximum Gasteiger partial charge on any atom is 0.0360 e. The van der Waals surface area contributed by atoms with Gasteiger partial charge in [0.15, 0.2) is 0 Å². The molecule has 0 aromatic carbocycles. The Balaban J connectivity index is 4.07. The van der Waals surface area contributed by atoms with Gasteiger partial charge >= 0.3 is 0 Å². The molecule has 0 radical (unpaired) electrons. The normalized spacial score (nSPS) is 16.9. The van der Waals surface area contributed by atoms with E-state index in [2.05, 4.69) is 39.3 Å². The number of rotatable bonds is 6. The molecular weight excluding hydrogens is 194 g/mol. The molecule has 0 bridgehead atoms. The fourth-order valence-corrected chi connectivity index (χ4v) is 1.39. The molecule has 0 heterocycles. The Morgan fingerprint density at radius 2 is 2.07 bits per heavy atom. The second-order valence-electron chi connectivity index (χ2n) is 3.82. The summed E-state index contributed by atoms with van der Waals surface area (Å²) in [5.74, 6) is 0.619. The van der Waals surface area contributed by atoms with Crippen LogP contribution in [0.2, 0.25) is 0 Å². The predicted octanol–water partition coefficient (Wildman–Crippen LogP) is 3.66. The zero-order valence-corrected chi connectivity index (χ0v) is 10.5. The molecule has 0 spiro atoms. The lowest BCUT2D eigenvalue weighted by Crippen LogP contribution is -2.33. The van der Waals surface area contributed by atoms with Crippen molar-refractivity contribution in [1.82, 2.24) is 4.90 Å². The summed E-state index contributed by atoms with van der Waals surface area (Å²) >= 11 is 5.86. The third kappa shape index (κ3) is 4.83. The maximum atomic E-state index is 5.86. The molecule has 0 aromatic rings. The molecule has 0 fully saturated rings. The second-order valence-corrected chi connectivity index (χ2v) is 4.26. The van der Waals surface area contributed by atoms with Gasteiger partial charge in [-0.05, 0) is 32.9 Å². The van der Waals surface area contributed by atoms with Crippen LogP contribution in [-0.4, -0.2) is 24.5 Å². The van der Waals surface area contributed by atoms with Crippen LogP contribution >= 0.6 is 11.6 Å². The smallest absolute Gasteiger partial charge is 0.0360 e. The topological polar surface area (TPSA) is 3.24 Å². The van der Waals surface area contributed by atoms with Gasteiger partial charge in [-0.15, -0.1) is 0 Å². The van der Waals surface area contributed by atoms with Gasteiger partial charge < -0.3 is 4.90 Å². The van der Waals surface area contributed by atoms with Crippen LogP contribution in [0.1, 0.15) is 27.2 Å². The van der Waals surface area contributed by atoms with Gasteiger partial charge in [0.2, 0.25) is 0 Å². The van der Waals surface area contributed by atoms with Gasteiger partial charge in [0.05, 0.1) is 0 Å². The van der Waals surface area contributed by atoms with Gasteiger partial charge in [0.1, 0.15) is 0 Å². The second kappa shape index (κ2) is 7.08. The summed E-state index contributed by atoms with van der Waals surface area (Å²) in [5, 5.41) is 0.753. The SMILES string of the molecule is C=C/C(Cl)=C\C[C@H](C)C(C)N(C)CC. The van der Waals surface area contributed by atoms with Crippen LogP contribution in [0.4, 0.5) is 0 Å². The van der Waals surface area contributed by atoms with Crippen LogP contribution in [-0.2, 0) is 0 Å². The molecule has 14 heavy (non-hydrogen) atoms. The van der Waals surface area contributed by atoms with Gasteiger partial charge in [-0.3, -0.25) is 0 Å². The van der Waals surface area contributed by atoms with Crippen molar-refractivity contribution in [3.8, 4) is 0 Å². The molecule has 82 valence electrons. The summed E-state index contributed by atoms with van der Waals surface area (Å²) < 4.78 is 0. The Bertz CT molecular complexity index is 198. The summed E-state index contributed by atoms with van der Waals surface area (Å²) in [6.07, 6.45) is 4.73. The number of hydrogen-bond donors (Lipinski definition) is 0. The van der Waals surface area contributed by atoms with E-state index in [0.29, 0.717) is 12.0 Å². The highest BCUT2D eigenvalue weighted by atomic mass is 35.5. The van der Waals surface area contributed by atoms with Crippen LogP contribution in [0.3, 0.4) is 0 Å². The summed E-state index contributed by atoms with van der Waals surface area (Å²) in [6.45, 7) is 11.4. The van der Waals surface area contributed by atoms with E-state index in [-0.39, 0.29) is 0 Å². The minimum absolute atomic E-state index is 0.588. The molecule has 0 aliphatic rings. The molecule has 0 amide bonds. The fourth-order valence-electron chi connectivity index (χ4n) is 1.30. The van der Waals surface area contributed by atoms with Crippen LogP contribution in [0.15, 0.2) is 23.8 Å². The fraction of sp³-hybridized carbons (Fsp3) is 0.667. The first-order valence-corrected chi connectivity index (χ1v) is 5.59. The third-order valence-electron chi connectivity index (χ3n) is 2.90. The Morgan fingerprint density at radius 1 is 1.50 bits per heavy atom. The number of nitrogens with zero attached hydrogens (tertiary/aromatic N) is 1. The summed E-state index contributed by atoms with van der Waals surface area (Å²) in [6, 6.07) is 0.588. The minimum Gasteiger partial charge on any atom is -0.304 e. The van der Waals surface area contributed by atoms with Crippen molar-refractivity contribution in [3.05, 3.63) is 23.8 Å². The monoisotopic (exact) mass is 215 g/mol. The Morgan fingerprint density at radius 3 is 2.50 bits per heavy atom. The Hall–Kier alpha value is -0.270. The molecule has 0 saturated carbocycles. The van der Waals surface area contributed by atoms with Gasteiger partial charge in [-0.1, -0.05) is 44.2 Å². The van der Waals surface area contributed by atoms with Crippen LogP contribution in [0.5, 0.6) is 0 Å². The van der Waals surface area contributed by atoms with Crippen molar-refractivity contribution < 1.29 is 0 Å². The summed E-state index contributed by atoms with van der Waals surface area (Å²) in [5.41, 5.74) is 0. The zero-order chi connectivity index (χ0) is 11.1. The lowest BCUT2D eigenvalue weighted by molar-refractivity contribution is 0.209. The molecule has 0 rings (SSSR count). The Labute approximate surface area is 93.4 Å². The van der Waals surface area contributed by atoms with Gasteiger partial charge in [0.25, 0.3) is 0 Å². The number of halogens is 1. The van der Waals surface area contributed by atoms with Crippen LogP contribution in [0.25, 0.3) is 0 Å². The molecular formula is C12H22ClN. The lowest BCUT2D eigenvalue weighted by atomic mass is 9.98. The first kappa shape index (κ1) is 13.7. The van der Waals surface area contributed by atoms with Crippen molar-refractivity contribution in [2.24, 2.45) is 5.92 Å². The molecule has 0 saturated heterocycles.